The molecule has 1 aromatic rings. The van der Waals surface area contributed by atoms with Gasteiger partial charge in [0.15, 0.2) is 5.96 Å². The van der Waals surface area contributed by atoms with Crippen molar-refractivity contribution in [1.82, 2.24) is 15.5 Å². The van der Waals surface area contributed by atoms with Gasteiger partial charge < -0.3 is 21.3 Å². The van der Waals surface area contributed by atoms with Gasteiger partial charge in [0.1, 0.15) is 0 Å². The Bertz CT molecular complexity index is 668. The maximum Gasteiger partial charge on any atom is 0.221 e. The second-order valence-corrected chi connectivity index (χ2v) is 9.39. The third-order valence-electron chi connectivity index (χ3n) is 5.54. The van der Waals surface area contributed by atoms with Gasteiger partial charge in [-0.25, -0.2) is 0 Å². The van der Waals surface area contributed by atoms with Crippen molar-refractivity contribution in [2.24, 2.45) is 16.6 Å². The van der Waals surface area contributed by atoms with Gasteiger partial charge in [0.05, 0.1) is 5.92 Å². The predicted molar refractivity (Wildman–Crippen MR) is 132 cm³/mol. The fraction of sp³-hybridized carbons (Fsp3) is 0.619. The fourth-order valence-corrected chi connectivity index (χ4v) is 4.90. The Morgan fingerprint density at radius 1 is 1.31 bits per heavy atom. The summed E-state index contributed by atoms with van der Waals surface area (Å²) in [6, 6.07) is 10.6. The molecule has 1 saturated heterocycles. The second kappa shape index (κ2) is 12.0. The zero-order valence-corrected chi connectivity index (χ0v) is 20.4. The first-order valence-corrected chi connectivity index (χ1v) is 11.1. The molecule has 0 bridgehead atoms. The fourth-order valence-electron chi connectivity index (χ4n) is 3.66. The van der Waals surface area contributed by atoms with Gasteiger partial charge in [0.25, 0.3) is 0 Å². The van der Waals surface area contributed by atoms with Crippen LogP contribution in [0.25, 0.3) is 0 Å². The van der Waals surface area contributed by atoms with Crippen molar-refractivity contribution in [3.8, 4) is 0 Å². The van der Waals surface area contributed by atoms with Crippen LogP contribution < -0.4 is 16.4 Å². The molecule has 3 rings (SSSR count). The van der Waals surface area contributed by atoms with Gasteiger partial charge in [-0.05, 0) is 57.3 Å². The summed E-state index contributed by atoms with van der Waals surface area (Å²) in [6.07, 6.45) is 5.50. The molecular weight excluding hydrogens is 497 g/mol. The van der Waals surface area contributed by atoms with Crippen LogP contribution in [0.3, 0.4) is 0 Å². The average Bonchev–Trinajstić information content (AvgIpc) is 3.48. The molecule has 4 N–H and O–H groups in total. The number of carbonyl (C=O) groups is 1. The summed E-state index contributed by atoms with van der Waals surface area (Å²) < 4.78 is 0.302. The number of aliphatic imine (C=N–C) groups is 1. The number of amides is 1. The highest BCUT2D eigenvalue weighted by Crippen LogP contribution is 2.51. The van der Waals surface area contributed by atoms with Gasteiger partial charge in [-0.15, -0.1) is 35.7 Å². The van der Waals surface area contributed by atoms with Gasteiger partial charge in [-0.2, -0.15) is 0 Å². The molecule has 2 fully saturated rings. The minimum absolute atomic E-state index is 0. The topological polar surface area (TPSA) is 82.8 Å². The van der Waals surface area contributed by atoms with E-state index in [1.54, 1.807) is 0 Å². The van der Waals surface area contributed by atoms with Crippen molar-refractivity contribution in [3.05, 3.63) is 30.3 Å². The van der Waals surface area contributed by atoms with Crippen LogP contribution in [0.2, 0.25) is 0 Å². The molecule has 1 aromatic carbocycles. The number of carbonyl (C=O) groups excluding carboxylic acids is 1. The highest BCUT2D eigenvalue weighted by molar-refractivity contribution is 14.0. The van der Waals surface area contributed by atoms with Crippen LogP contribution in [0.5, 0.6) is 0 Å². The third kappa shape index (κ3) is 7.97. The zero-order valence-electron chi connectivity index (χ0n) is 17.2. The van der Waals surface area contributed by atoms with Gasteiger partial charge in [0, 0.05) is 36.3 Å². The first-order chi connectivity index (χ1) is 13.6. The molecule has 6 nitrogen and oxygen atoms in total. The molecule has 162 valence electrons. The van der Waals surface area contributed by atoms with Crippen LogP contribution in [0.15, 0.2) is 40.2 Å². The first-order valence-electron chi connectivity index (χ1n) is 10.3. The summed E-state index contributed by atoms with van der Waals surface area (Å²) in [4.78, 5) is 19.4. The maximum atomic E-state index is 11.4. The largest absolute Gasteiger partial charge is 0.369 e. The quantitative estimate of drug-likeness (QED) is 0.198. The van der Waals surface area contributed by atoms with E-state index in [0.717, 1.165) is 57.9 Å². The van der Waals surface area contributed by atoms with Crippen LogP contribution in [0.1, 0.15) is 32.1 Å². The van der Waals surface area contributed by atoms with Crippen molar-refractivity contribution in [3.63, 3.8) is 0 Å². The van der Waals surface area contributed by atoms with Crippen molar-refractivity contribution in [1.29, 1.82) is 0 Å². The number of halogens is 1. The molecular formula is C21H34IN5OS. The van der Waals surface area contributed by atoms with Gasteiger partial charge in [-0.3, -0.25) is 9.79 Å². The minimum atomic E-state index is -0.158. The number of likely N-dealkylation sites (tertiary alicyclic amines) is 1. The molecule has 29 heavy (non-hydrogen) atoms. The molecule has 0 radical (unpaired) electrons. The number of piperidine rings is 1. The van der Waals surface area contributed by atoms with Crippen LogP contribution in [0.4, 0.5) is 0 Å². The van der Waals surface area contributed by atoms with Crippen molar-refractivity contribution in [2.75, 3.05) is 39.8 Å². The Labute approximate surface area is 195 Å². The molecule has 2 aliphatic rings. The number of nitrogens with zero attached hydrogens (tertiary/aromatic N) is 2. The molecule has 1 atom stereocenters. The number of guanidine groups is 1. The van der Waals surface area contributed by atoms with Crippen LogP contribution in [0, 0.1) is 5.92 Å². The number of benzene rings is 1. The highest BCUT2D eigenvalue weighted by Gasteiger charge is 2.43. The van der Waals surface area contributed by atoms with Gasteiger partial charge in [-0.1, -0.05) is 18.2 Å². The maximum absolute atomic E-state index is 11.4. The van der Waals surface area contributed by atoms with E-state index in [9.17, 15) is 4.79 Å². The Balaban J connectivity index is 0.00000300. The first kappa shape index (κ1) is 24.3. The van der Waals surface area contributed by atoms with Crippen molar-refractivity contribution < 1.29 is 4.79 Å². The van der Waals surface area contributed by atoms with E-state index in [4.69, 9.17) is 5.73 Å². The highest BCUT2D eigenvalue weighted by atomic mass is 127. The van der Waals surface area contributed by atoms with Crippen LogP contribution >= 0.6 is 35.7 Å². The van der Waals surface area contributed by atoms with E-state index in [2.05, 4.69) is 50.9 Å². The lowest BCUT2D eigenvalue weighted by Gasteiger charge is -2.31. The summed E-state index contributed by atoms with van der Waals surface area (Å²) >= 11 is 1.97. The van der Waals surface area contributed by atoms with Crippen LogP contribution in [-0.4, -0.2) is 61.3 Å². The number of hydrogen-bond donors (Lipinski definition) is 3. The Morgan fingerprint density at radius 3 is 2.72 bits per heavy atom. The molecule has 1 aliphatic carbocycles. The summed E-state index contributed by atoms with van der Waals surface area (Å²) in [7, 11) is 1.82. The van der Waals surface area contributed by atoms with E-state index in [-0.39, 0.29) is 35.8 Å². The van der Waals surface area contributed by atoms with Gasteiger partial charge in [0.2, 0.25) is 5.91 Å². The molecule has 1 saturated carbocycles. The smallest absolute Gasteiger partial charge is 0.221 e. The SMILES string of the molecule is CN=C(NCCCN1CCCC(C(N)=O)C1)NCC1(Sc2ccccc2)CC1.I. The number of primary amides is 1. The normalized spacial score (nSPS) is 21.1. The number of thioether (sulfide) groups is 1. The third-order valence-corrected chi connectivity index (χ3v) is 7.03. The summed E-state index contributed by atoms with van der Waals surface area (Å²) in [6.45, 7) is 4.66. The zero-order chi connectivity index (χ0) is 19.8. The lowest BCUT2D eigenvalue weighted by atomic mass is 9.97. The van der Waals surface area contributed by atoms with Crippen molar-refractivity contribution in [2.45, 2.75) is 41.7 Å². The number of hydrogen-bond acceptors (Lipinski definition) is 4. The standard InChI is InChI=1S/C21H33N5OS.HI/c1-23-20(24-12-6-14-26-13-5-7-17(15-26)19(22)27)25-16-21(10-11-21)28-18-8-3-2-4-9-18;/h2-4,8-9,17H,5-7,10-16H2,1H3,(H2,22,27)(H2,23,24,25);1H. The summed E-state index contributed by atoms with van der Waals surface area (Å²) in [5.74, 6) is 0.733. The minimum Gasteiger partial charge on any atom is -0.369 e. The van der Waals surface area contributed by atoms with E-state index in [0.29, 0.717) is 4.75 Å². The number of nitrogens with one attached hydrogen (secondary N) is 2. The molecule has 0 spiro atoms. The molecule has 0 aromatic heterocycles. The number of rotatable bonds is 9. The molecule has 1 unspecified atom stereocenters. The predicted octanol–water partition coefficient (Wildman–Crippen LogP) is 2.68. The average molecular weight is 532 g/mol. The van der Waals surface area contributed by atoms with E-state index in [1.165, 1.54) is 17.7 Å². The summed E-state index contributed by atoms with van der Waals surface area (Å²) in [5, 5.41) is 6.91. The van der Waals surface area contributed by atoms with E-state index < -0.39 is 0 Å². The summed E-state index contributed by atoms with van der Waals surface area (Å²) in [5.41, 5.74) is 5.46. The number of nitrogens with two attached hydrogens (primary N) is 1. The lowest BCUT2D eigenvalue weighted by molar-refractivity contribution is -0.123. The Kier molecular flexibility index (Phi) is 10.0. The molecule has 1 aliphatic heterocycles. The second-order valence-electron chi connectivity index (χ2n) is 7.85. The molecule has 8 heteroatoms. The van der Waals surface area contributed by atoms with Gasteiger partial charge >= 0.3 is 0 Å². The molecule has 1 heterocycles. The van der Waals surface area contributed by atoms with Crippen molar-refractivity contribution >= 4 is 47.6 Å². The Hall–Kier alpha value is -1.000. The van der Waals surface area contributed by atoms with Crippen LogP contribution in [-0.2, 0) is 4.79 Å². The lowest BCUT2D eigenvalue weighted by Crippen LogP contribution is -2.44. The molecule has 1 amide bonds. The Morgan fingerprint density at radius 2 is 2.07 bits per heavy atom. The monoisotopic (exact) mass is 531 g/mol. The van der Waals surface area contributed by atoms with E-state index >= 15 is 0 Å². The van der Waals surface area contributed by atoms with E-state index in [1.807, 2.05) is 18.8 Å².